The summed E-state index contributed by atoms with van der Waals surface area (Å²) in [6.45, 7) is 5.85. The molecule has 7 nitrogen and oxygen atoms in total. The maximum absolute atomic E-state index is 14.8. The van der Waals surface area contributed by atoms with Crippen molar-refractivity contribution in [3.8, 4) is 5.75 Å². The topological polar surface area (TPSA) is 87.7 Å². The Labute approximate surface area is 259 Å². The molecule has 218 valence electrons. The molecular weight excluding hydrogens is 606 g/mol. The lowest BCUT2D eigenvalue weighted by molar-refractivity contribution is -0.126. The summed E-state index contributed by atoms with van der Waals surface area (Å²) in [5.41, 5.74) is 3.46. The minimum absolute atomic E-state index is 0.210. The number of Topliss-reactive ketones (excluding diaryl/α,β-unsaturated/α-hetero) is 1. The molecule has 0 bridgehead atoms. The van der Waals surface area contributed by atoms with E-state index in [9.17, 15) is 14.4 Å². The molecule has 4 aromatic carbocycles. The number of amides is 3. The molecule has 0 radical (unpaired) electrons. The van der Waals surface area contributed by atoms with Crippen molar-refractivity contribution in [2.75, 3.05) is 17.7 Å². The number of rotatable bonds is 5. The summed E-state index contributed by atoms with van der Waals surface area (Å²) >= 11 is 3.58. The van der Waals surface area contributed by atoms with Crippen LogP contribution in [0.25, 0.3) is 0 Å². The summed E-state index contributed by atoms with van der Waals surface area (Å²) in [7, 11) is 1.60. The molecule has 3 amide bonds. The van der Waals surface area contributed by atoms with E-state index < -0.39 is 35.4 Å². The van der Waals surface area contributed by atoms with Crippen LogP contribution in [0.5, 0.6) is 5.75 Å². The third-order valence-electron chi connectivity index (χ3n) is 9.01. The number of likely N-dealkylation sites (tertiary alicyclic amines) is 1. The highest BCUT2D eigenvalue weighted by Crippen LogP contribution is 2.59. The number of nitrogens with zero attached hydrogens (tertiary/aromatic N) is 1. The van der Waals surface area contributed by atoms with Gasteiger partial charge in [0, 0.05) is 38.9 Å². The van der Waals surface area contributed by atoms with E-state index in [2.05, 4.69) is 26.6 Å². The minimum atomic E-state index is -1.63. The SMILES string of the molecule is COc1ccc(C2C(C)N(C(=O)Nc3cccc(C)c3C)C3(C(=O)Nc4ccc(Br)cc43)C2C(=O)c2ccccc2)cc1. The zero-order chi connectivity index (χ0) is 30.5. The number of fused-ring (bicyclic) bond motifs is 2. The van der Waals surface area contributed by atoms with Crippen LogP contribution in [0.4, 0.5) is 16.2 Å². The van der Waals surface area contributed by atoms with Gasteiger partial charge in [0.2, 0.25) is 0 Å². The molecule has 0 saturated carbocycles. The number of ketones is 1. The molecule has 2 N–H and O–H groups in total. The van der Waals surface area contributed by atoms with Crippen LogP contribution in [-0.4, -0.2) is 35.8 Å². The Kier molecular flexibility index (Phi) is 7.34. The number of anilines is 2. The van der Waals surface area contributed by atoms with Gasteiger partial charge in [-0.2, -0.15) is 0 Å². The lowest BCUT2D eigenvalue weighted by Gasteiger charge is -2.38. The minimum Gasteiger partial charge on any atom is -0.497 e. The van der Waals surface area contributed by atoms with Gasteiger partial charge in [-0.3, -0.25) is 9.59 Å². The molecular formula is C35H32BrN3O4. The standard InChI is InChI=1S/C35H32BrN3O4/c1-20-9-8-12-28(21(20)2)38-34(42)39-22(3)30(23-13-16-26(43-4)17-14-23)31(32(40)24-10-6-5-7-11-24)35(39)27-19-25(36)15-18-29(27)37-33(35)41/h5-19,22,30-31H,1-4H3,(H,37,41)(H,38,42). The fraction of sp³-hybridized carbons (Fsp3) is 0.229. The Bertz CT molecular complexity index is 1740. The van der Waals surface area contributed by atoms with E-state index in [0.717, 1.165) is 21.2 Å². The average molecular weight is 639 g/mol. The number of halogens is 1. The number of hydrogen-bond acceptors (Lipinski definition) is 4. The summed E-state index contributed by atoms with van der Waals surface area (Å²) in [5, 5.41) is 6.11. The van der Waals surface area contributed by atoms with E-state index in [1.807, 2.05) is 99.6 Å². The molecule has 4 unspecified atom stereocenters. The van der Waals surface area contributed by atoms with Crippen molar-refractivity contribution in [3.63, 3.8) is 0 Å². The second kappa shape index (κ2) is 11.0. The maximum Gasteiger partial charge on any atom is 0.323 e. The molecule has 4 aromatic rings. The Morgan fingerprint density at radius 2 is 1.67 bits per heavy atom. The van der Waals surface area contributed by atoms with Gasteiger partial charge in [0.25, 0.3) is 5.91 Å². The van der Waals surface area contributed by atoms with Gasteiger partial charge in [-0.1, -0.05) is 70.5 Å². The summed E-state index contributed by atoms with van der Waals surface area (Å²) in [4.78, 5) is 45.4. The highest BCUT2D eigenvalue weighted by molar-refractivity contribution is 9.10. The van der Waals surface area contributed by atoms with E-state index in [-0.39, 0.29) is 5.78 Å². The number of urea groups is 1. The Balaban J connectivity index is 1.61. The smallest absolute Gasteiger partial charge is 0.323 e. The van der Waals surface area contributed by atoms with Gasteiger partial charge < -0.3 is 20.3 Å². The largest absolute Gasteiger partial charge is 0.497 e. The highest BCUT2D eigenvalue weighted by atomic mass is 79.9. The zero-order valence-electron chi connectivity index (χ0n) is 24.4. The number of benzene rings is 4. The monoisotopic (exact) mass is 637 g/mol. The van der Waals surface area contributed by atoms with Gasteiger partial charge in [-0.25, -0.2) is 4.79 Å². The van der Waals surface area contributed by atoms with Gasteiger partial charge >= 0.3 is 6.03 Å². The fourth-order valence-corrected chi connectivity index (χ4v) is 7.20. The first kappa shape index (κ1) is 28.7. The molecule has 43 heavy (non-hydrogen) atoms. The Morgan fingerprint density at radius 1 is 0.953 bits per heavy atom. The third-order valence-corrected chi connectivity index (χ3v) is 9.50. The van der Waals surface area contributed by atoms with Crippen LogP contribution in [0.3, 0.4) is 0 Å². The van der Waals surface area contributed by atoms with Gasteiger partial charge in [0.1, 0.15) is 5.75 Å². The molecule has 8 heteroatoms. The highest BCUT2D eigenvalue weighted by Gasteiger charge is 2.69. The van der Waals surface area contributed by atoms with Crippen molar-refractivity contribution in [1.82, 2.24) is 4.90 Å². The molecule has 4 atom stereocenters. The molecule has 2 aliphatic heterocycles. The van der Waals surface area contributed by atoms with Crippen molar-refractivity contribution < 1.29 is 19.1 Å². The summed E-state index contributed by atoms with van der Waals surface area (Å²) in [5.74, 6) is -1.39. The molecule has 0 aromatic heterocycles. The van der Waals surface area contributed by atoms with Gasteiger partial charge in [-0.15, -0.1) is 0 Å². The lowest BCUT2D eigenvalue weighted by atomic mass is 9.69. The predicted octanol–water partition coefficient (Wildman–Crippen LogP) is 7.44. The second-order valence-corrected chi connectivity index (χ2v) is 12.1. The van der Waals surface area contributed by atoms with E-state index in [1.54, 1.807) is 24.1 Å². The van der Waals surface area contributed by atoms with E-state index in [1.165, 1.54) is 0 Å². The average Bonchev–Trinajstić information content (AvgIpc) is 3.45. The first-order valence-electron chi connectivity index (χ1n) is 14.2. The first-order valence-corrected chi connectivity index (χ1v) is 15.0. The first-order chi connectivity index (χ1) is 20.7. The number of hydrogen-bond donors (Lipinski definition) is 2. The molecule has 0 aliphatic carbocycles. The Morgan fingerprint density at radius 3 is 2.37 bits per heavy atom. The number of carbonyl (C=O) groups is 3. The maximum atomic E-state index is 14.8. The Hall–Kier alpha value is -4.43. The molecule has 1 spiro atoms. The number of carbonyl (C=O) groups excluding carboxylic acids is 3. The van der Waals surface area contributed by atoms with Crippen LogP contribution in [0.15, 0.2) is 95.5 Å². The van der Waals surface area contributed by atoms with Crippen LogP contribution >= 0.6 is 15.9 Å². The molecule has 2 heterocycles. The normalized spacial score (nSPS) is 22.3. The van der Waals surface area contributed by atoms with E-state index >= 15 is 0 Å². The zero-order valence-corrected chi connectivity index (χ0v) is 25.9. The van der Waals surface area contributed by atoms with E-state index in [4.69, 9.17) is 4.74 Å². The van der Waals surface area contributed by atoms with E-state index in [0.29, 0.717) is 28.3 Å². The van der Waals surface area contributed by atoms with Crippen LogP contribution in [0.1, 0.15) is 45.5 Å². The predicted molar refractivity (Wildman–Crippen MR) is 171 cm³/mol. The summed E-state index contributed by atoms with van der Waals surface area (Å²) in [6.07, 6.45) is 0. The summed E-state index contributed by atoms with van der Waals surface area (Å²) in [6, 6.07) is 26.7. The van der Waals surface area contributed by atoms with Crippen molar-refractivity contribution in [2.24, 2.45) is 5.92 Å². The van der Waals surface area contributed by atoms with Crippen LogP contribution in [-0.2, 0) is 10.3 Å². The third kappa shape index (κ3) is 4.52. The van der Waals surface area contributed by atoms with Crippen molar-refractivity contribution in [1.29, 1.82) is 0 Å². The number of ether oxygens (including phenoxy) is 1. The van der Waals surface area contributed by atoms with Crippen LogP contribution < -0.4 is 15.4 Å². The fourth-order valence-electron chi connectivity index (χ4n) is 6.84. The van der Waals surface area contributed by atoms with Gasteiger partial charge in [0.05, 0.1) is 13.0 Å². The van der Waals surface area contributed by atoms with Gasteiger partial charge in [0.15, 0.2) is 11.3 Å². The number of aryl methyl sites for hydroxylation is 1. The van der Waals surface area contributed by atoms with Crippen LogP contribution in [0, 0.1) is 19.8 Å². The molecule has 1 fully saturated rings. The van der Waals surface area contributed by atoms with Crippen molar-refractivity contribution in [2.45, 2.75) is 38.3 Å². The van der Waals surface area contributed by atoms with Crippen molar-refractivity contribution in [3.05, 3.63) is 123 Å². The number of nitrogens with one attached hydrogen (secondary N) is 2. The quantitative estimate of drug-likeness (QED) is 0.223. The summed E-state index contributed by atoms with van der Waals surface area (Å²) < 4.78 is 6.15. The molecule has 6 rings (SSSR count). The lowest BCUT2D eigenvalue weighted by Crippen LogP contribution is -2.57. The number of methoxy groups -OCH3 is 1. The van der Waals surface area contributed by atoms with Gasteiger partial charge in [-0.05, 0) is 73.9 Å². The van der Waals surface area contributed by atoms with Crippen LogP contribution in [0.2, 0.25) is 0 Å². The molecule has 1 saturated heterocycles. The van der Waals surface area contributed by atoms with Crippen molar-refractivity contribution >= 4 is 45.0 Å². The molecule has 2 aliphatic rings. The second-order valence-electron chi connectivity index (χ2n) is 11.2.